The molecule has 1 unspecified atom stereocenters. The van der Waals surface area contributed by atoms with Crippen LogP contribution in [0.15, 0.2) is 12.4 Å². The lowest BCUT2D eigenvalue weighted by Crippen LogP contribution is -2.04. The molecule has 96 valence electrons. The van der Waals surface area contributed by atoms with Crippen LogP contribution in [-0.2, 0) is 4.74 Å². The van der Waals surface area contributed by atoms with Crippen molar-refractivity contribution in [3.8, 4) is 0 Å². The number of anilines is 1. The minimum absolute atomic E-state index is 0.0106. The third kappa shape index (κ3) is 2.62. The number of nitrogens with zero attached hydrogens (tertiary/aromatic N) is 2. The molecule has 0 amide bonds. The molecule has 2 rings (SSSR count). The maximum absolute atomic E-state index is 11.4. The van der Waals surface area contributed by atoms with Gasteiger partial charge in [-0.1, -0.05) is 22.9 Å². The number of carbonyl (C=O) groups excluding carboxylic acids is 1. The SMILES string of the molecule is COC(=O)c1sc(NC(C)c2cn[nH]c2)nc1Cl. The van der Waals surface area contributed by atoms with Gasteiger partial charge in [-0.05, 0) is 6.92 Å². The quantitative estimate of drug-likeness (QED) is 0.844. The Balaban J connectivity index is 2.13. The van der Waals surface area contributed by atoms with Crippen LogP contribution in [0.2, 0.25) is 5.15 Å². The standard InChI is InChI=1S/C10H11ClN4O2S/c1-5(6-3-12-13-4-6)14-10-15-8(11)7(18-10)9(16)17-2/h3-5H,1-2H3,(H,12,13)(H,14,15). The lowest BCUT2D eigenvalue weighted by atomic mass is 10.2. The van der Waals surface area contributed by atoms with Crippen molar-refractivity contribution in [2.75, 3.05) is 12.4 Å². The summed E-state index contributed by atoms with van der Waals surface area (Å²) in [7, 11) is 1.31. The highest BCUT2D eigenvalue weighted by Crippen LogP contribution is 2.29. The fourth-order valence-corrected chi connectivity index (χ4v) is 2.54. The molecule has 0 bridgehead atoms. The summed E-state index contributed by atoms with van der Waals surface area (Å²) < 4.78 is 4.61. The Labute approximate surface area is 112 Å². The van der Waals surface area contributed by atoms with Crippen LogP contribution in [0.4, 0.5) is 5.13 Å². The molecule has 2 heterocycles. The molecule has 0 aromatic carbocycles. The number of thiazole rings is 1. The van der Waals surface area contributed by atoms with E-state index in [0.717, 1.165) is 16.9 Å². The molecule has 0 aliphatic carbocycles. The molecule has 0 aliphatic heterocycles. The average molecular weight is 287 g/mol. The van der Waals surface area contributed by atoms with E-state index in [1.807, 2.05) is 6.92 Å². The van der Waals surface area contributed by atoms with Gasteiger partial charge in [-0.2, -0.15) is 5.10 Å². The van der Waals surface area contributed by atoms with Crippen molar-refractivity contribution in [2.24, 2.45) is 0 Å². The highest BCUT2D eigenvalue weighted by molar-refractivity contribution is 7.18. The van der Waals surface area contributed by atoms with Gasteiger partial charge in [0, 0.05) is 11.8 Å². The number of nitrogens with one attached hydrogen (secondary N) is 2. The van der Waals surface area contributed by atoms with E-state index < -0.39 is 5.97 Å². The molecule has 18 heavy (non-hydrogen) atoms. The number of methoxy groups -OCH3 is 1. The number of aromatic nitrogens is 3. The number of carbonyl (C=O) groups is 1. The molecular formula is C10H11ClN4O2S. The first-order valence-corrected chi connectivity index (χ1v) is 6.31. The van der Waals surface area contributed by atoms with Gasteiger partial charge in [0.1, 0.15) is 0 Å². The number of hydrogen-bond acceptors (Lipinski definition) is 6. The van der Waals surface area contributed by atoms with Gasteiger partial charge in [-0.25, -0.2) is 9.78 Å². The van der Waals surface area contributed by atoms with Crippen molar-refractivity contribution >= 4 is 34.0 Å². The summed E-state index contributed by atoms with van der Waals surface area (Å²) in [5.41, 5.74) is 0.987. The number of H-pyrrole nitrogens is 1. The lowest BCUT2D eigenvalue weighted by Gasteiger charge is -2.09. The first-order chi connectivity index (χ1) is 8.61. The molecular weight excluding hydrogens is 276 g/mol. The summed E-state index contributed by atoms with van der Waals surface area (Å²) in [6.07, 6.45) is 3.50. The Hall–Kier alpha value is -1.60. The van der Waals surface area contributed by atoms with Crippen LogP contribution in [0, 0.1) is 0 Å². The van der Waals surface area contributed by atoms with Crippen LogP contribution in [0.3, 0.4) is 0 Å². The van der Waals surface area contributed by atoms with Crippen LogP contribution in [0.5, 0.6) is 0 Å². The molecule has 0 aliphatic rings. The number of ether oxygens (including phenoxy) is 1. The van der Waals surface area contributed by atoms with Crippen molar-refractivity contribution in [1.29, 1.82) is 0 Å². The molecule has 0 spiro atoms. The summed E-state index contributed by atoms with van der Waals surface area (Å²) in [6, 6.07) is 0.0106. The van der Waals surface area contributed by atoms with Gasteiger partial charge in [-0.3, -0.25) is 5.10 Å². The average Bonchev–Trinajstić information content (AvgIpc) is 2.97. The molecule has 0 fully saturated rings. The van der Waals surface area contributed by atoms with Crippen molar-refractivity contribution < 1.29 is 9.53 Å². The van der Waals surface area contributed by atoms with Crippen molar-refractivity contribution in [2.45, 2.75) is 13.0 Å². The van der Waals surface area contributed by atoms with E-state index >= 15 is 0 Å². The Bertz CT molecular complexity index is 540. The monoisotopic (exact) mass is 286 g/mol. The zero-order valence-corrected chi connectivity index (χ0v) is 11.3. The molecule has 1 atom stereocenters. The van der Waals surface area contributed by atoms with Crippen LogP contribution in [0.1, 0.15) is 28.2 Å². The maximum Gasteiger partial charge on any atom is 0.351 e. The largest absolute Gasteiger partial charge is 0.465 e. The van der Waals surface area contributed by atoms with Gasteiger partial charge in [0.2, 0.25) is 0 Å². The smallest absolute Gasteiger partial charge is 0.351 e. The predicted molar refractivity (Wildman–Crippen MR) is 69.1 cm³/mol. The van der Waals surface area contributed by atoms with E-state index in [9.17, 15) is 4.79 Å². The maximum atomic E-state index is 11.4. The lowest BCUT2D eigenvalue weighted by molar-refractivity contribution is 0.0606. The zero-order valence-electron chi connectivity index (χ0n) is 9.73. The molecule has 0 radical (unpaired) electrons. The van der Waals surface area contributed by atoms with Crippen molar-refractivity contribution in [1.82, 2.24) is 15.2 Å². The van der Waals surface area contributed by atoms with E-state index in [4.69, 9.17) is 11.6 Å². The van der Waals surface area contributed by atoms with Crippen LogP contribution < -0.4 is 5.32 Å². The second-order valence-electron chi connectivity index (χ2n) is 3.53. The predicted octanol–water partition coefficient (Wildman–Crippen LogP) is 2.48. The third-order valence-electron chi connectivity index (χ3n) is 2.32. The number of aromatic amines is 1. The van der Waals surface area contributed by atoms with Gasteiger partial charge in [-0.15, -0.1) is 0 Å². The highest BCUT2D eigenvalue weighted by atomic mass is 35.5. The highest BCUT2D eigenvalue weighted by Gasteiger charge is 2.18. The fraction of sp³-hybridized carbons (Fsp3) is 0.300. The number of hydrogen-bond donors (Lipinski definition) is 2. The van der Waals surface area contributed by atoms with Crippen LogP contribution >= 0.6 is 22.9 Å². The molecule has 2 aromatic heterocycles. The summed E-state index contributed by atoms with van der Waals surface area (Å²) in [4.78, 5) is 15.7. The summed E-state index contributed by atoms with van der Waals surface area (Å²) in [5.74, 6) is -0.485. The van der Waals surface area contributed by atoms with Gasteiger partial charge < -0.3 is 10.1 Å². The zero-order chi connectivity index (χ0) is 13.1. The molecule has 2 N–H and O–H groups in total. The molecule has 2 aromatic rings. The minimum Gasteiger partial charge on any atom is -0.465 e. The molecule has 6 nitrogen and oxygen atoms in total. The van der Waals surface area contributed by atoms with Gasteiger partial charge in [0.25, 0.3) is 0 Å². The minimum atomic E-state index is -0.485. The van der Waals surface area contributed by atoms with Crippen LogP contribution in [0.25, 0.3) is 0 Å². The molecule has 0 saturated carbocycles. The fourth-order valence-electron chi connectivity index (χ4n) is 1.35. The summed E-state index contributed by atoms with van der Waals surface area (Å²) in [5, 5.41) is 10.5. The van der Waals surface area contributed by atoms with Crippen molar-refractivity contribution in [3.63, 3.8) is 0 Å². The summed E-state index contributed by atoms with van der Waals surface area (Å²) >= 11 is 7.03. The Morgan fingerprint density at radius 3 is 3.06 bits per heavy atom. The van der Waals surface area contributed by atoms with Gasteiger partial charge in [0.15, 0.2) is 15.2 Å². The van der Waals surface area contributed by atoms with Crippen molar-refractivity contribution in [3.05, 3.63) is 28.0 Å². The summed E-state index contributed by atoms with van der Waals surface area (Å²) in [6.45, 7) is 1.96. The second kappa shape index (κ2) is 5.36. The number of esters is 1. The van der Waals surface area contributed by atoms with Gasteiger partial charge in [0.05, 0.1) is 19.3 Å². The van der Waals surface area contributed by atoms with E-state index in [2.05, 4.69) is 25.2 Å². The first kappa shape index (κ1) is 12.8. The Kier molecular flexibility index (Phi) is 3.83. The number of rotatable bonds is 4. The van der Waals surface area contributed by atoms with E-state index in [0.29, 0.717) is 10.0 Å². The van der Waals surface area contributed by atoms with Crippen LogP contribution in [-0.4, -0.2) is 28.3 Å². The van der Waals surface area contributed by atoms with Gasteiger partial charge >= 0.3 is 5.97 Å². The van der Waals surface area contributed by atoms with E-state index in [-0.39, 0.29) is 11.2 Å². The third-order valence-corrected chi connectivity index (χ3v) is 3.67. The number of halogens is 1. The first-order valence-electron chi connectivity index (χ1n) is 5.11. The molecule has 8 heteroatoms. The normalized spacial score (nSPS) is 12.2. The Morgan fingerprint density at radius 2 is 2.44 bits per heavy atom. The van der Waals surface area contributed by atoms with E-state index in [1.54, 1.807) is 12.4 Å². The molecule has 0 saturated heterocycles. The van der Waals surface area contributed by atoms with E-state index in [1.165, 1.54) is 7.11 Å². The topological polar surface area (TPSA) is 79.9 Å². The second-order valence-corrected chi connectivity index (χ2v) is 4.89. The Morgan fingerprint density at radius 1 is 1.67 bits per heavy atom.